The van der Waals surface area contributed by atoms with Gasteiger partial charge in [0.25, 0.3) is 0 Å². The molecule has 184 valence electrons. The van der Waals surface area contributed by atoms with Crippen molar-refractivity contribution in [2.24, 2.45) is 0 Å². The molecule has 0 saturated carbocycles. The highest BCUT2D eigenvalue weighted by Crippen LogP contribution is 2.42. The lowest BCUT2D eigenvalue weighted by molar-refractivity contribution is 0.255. The van der Waals surface area contributed by atoms with Crippen LogP contribution in [0.5, 0.6) is 0 Å². The van der Waals surface area contributed by atoms with Gasteiger partial charge in [-0.25, -0.2) is 24.1 Å². The van der Waals surface area contributed by atoms with Crippen LogP contribution in [-0.2, 0) is 5.41 Å². The molecule has 36 heavy (non-hydrogen) atoms. The lowest BCUT2D eigenvalue weighted by Crippen LogP contribution is -2.32. The van der Waals surface area contributed by atoms with Crippen LogP contribution in [0.3, 0.4) is 0 Å². The molecular weight excluding hydrogens is 499 g/mol. The summed E-state index contributed by atoms with van der Waals surface area (Å²) in [7, 11) is 0. The number of aromatic nitrogens is 3. The zero-order valence-corrected chi connectivity index (χ0v) is 21.6. The molecule has 2 aromatic heterocycles. The molecule has 3 heterocycles. The number of nitrogen functional groups attached to an aromatic ring is 1. The first-order valence-corrected chi connectivity index (χ1v) is 12.6. The quantitative estimate of drug-likeness (QED) is 0.335. The van der Waals surface area contributed by atoms with Gasteiger partial charge in [-0.15, -0.1) is 11.3 Å². The molecule has 5 rings (SSSR count). The maximum absolute atomic E-state index is 15.1. The average molecular weight is 523 g/mol. The standard InChI is InChI=1S/C26H24ClFN6OS/c1-26(2,3)23-32-21(19-10-11-30-24(29)31-19)22(36-23)15-4-9-18(28)20(14-15)34-13-12-33(25(34)35)17-7-5-16(27)6-8-17/h4-11,14H,12-13H2,1-3H3,(H2,29,30,31). The third-order valence-electron chi connectivity index (χ3n) is 5.83. The summed E-state index contributed by atoms with van der Waals surface area (Å²) >= 11 is 7.50. The number of thiazole rings is 1. The second-order valence-corrected chi connectivity index (χ2v) is 10.9. The number of rotatable bonds is 4. The molecule has 7 nitrogen and oxygen atoms in total. The third-order valence-corrected chi connectivity index (χ3v) is 7.61. The first-order chi connectivity index (χ1) is 17.1. The van der Waals surface area contributed by atoms with Gasteiger partial charge >= 0.3 is 6.03 Å². The van der Waals surface area contributed by atoms with Crippen molar-refractivity contribution in [2.45, 2.75) is 26.2 Å². The SMILES string of the molecule is CC(C)(C)c1nc(-c2ccnc(N)n2)c(-c2ccc(F)c(N3CCN(c4ccc(Cl)cc4)C3=O)c2)s1. The van der Waals surface area contributed by atoms with Crippen molar-refractivity contribution in [1.82, 2.24) is 15.0 Å². The van der Waals surface area contributed by atoms with Gasteiger partial charge < -0.3 is 5.73 Å². The lowest BCUT2D eigenvalue weighted by atomic mass is 9.98. The van der Waals surface area contributed by atoms with Crippen molar-refractivity contribution in [2.75, 3.05) is 28.6 Å². The zero-order valence-electron chi connectivity index (χ0n) is 20.0. The molecule has 1 aliphatic rings. The van der Waals surface area contributed by atoms with Crippen LogP contribution in [0, 0.1) is 5.82 Å². The second-order valence-electron chi connectivity index (χ2n) is 9.48. The van der Waals surface area contributed by atoms with Crippen LogP contribution in [0.4, 0.5) is 26.5 Å². The summed E-state index contributed by atoms with van der Waals surface area (Å²) in [6.07, 6.45) is 1.59. The predicted molar refractivity (Wildman–Crippen MR) is 143 cm³/mol. The van der Waals surface area contributed by atoms with E-state index in [1.54, 1.807) is 53.6 Å². The van der Waals surface area contributed by atoms with E-state index in [4.69, 9.17) is 22.3 Å². The van der Waals surface area contributed by atoms with E-state index in [9.17, 15) is 4.79 Å². The van der Waals surface area contributed by atoms with Crippen molar-refractivity contribution in [3.63, 3.8) is 0 Å². The van der Waals surface area contributed by atoms with Crippen LogP contribution < -0.4 is 15.5 Å². The van der Waals surface area contributed by atoms with E-state index in [-0.39, 0.29) is 23.1 Å². The molecule has 1 aliphatic heterocycles. The smallest absolute Gasteiger partial charge is 0.329 e. The molecule has 2 aromatic carbocycles. The number of halogens is 2. The normalized spacial score (nSPS) is 14.1. The van der Waals surface area contributed by atoms with Crippen LogP contribution in [-0.4, -0.2) is 34.1 Å². The van der Waals surface area contributed by atoms with Gasteiger partial charge in [0.2, 0.25) is 5.95 Å². The number of amides is 2. The topological polar surface area (TPSA) is 88.2 Å². The Hall–Kier alpha value is -3.56. The summed E-state index contributed by atoms with van der Waals surface area (Å²) in [5.74, 6) is -0.327. The van der Waals surface area contributed by atoms with Crippen LogP contribution in [0.1, 0.15) is 25.8 Å². The summed E-state index contributed by atoms with van der Waals surface area (Å²) in [6, 6.07) is 13.3. The van der Waals surface area contributed by atoms with Crippen molar-refractivity contribution in [1.29, 1.82) is 0 Å². The fourth-order valence-electron chi connectivity index (χ4n) is 4.00. The van der Waals surface area contributed by atoms with Crippen molar-refractivity contribution in [3.8, 4) is 21.8 Å². The van der Waals surface area contributed by atoms with E-state index in [1.807, 2.05) is 0 Å². The van der Waals surface area contributed by atoms with Gasteiger partial charge in [-0.1, -0.05) is 38.4 Å². The Balaban J connectivity index is 1.56. The molecule has 0 aliphatic carbocycles. The van der Waals surface area contributed by atoms with E-state index in [2.05, 4.69) is 30.7 Å². The minimum atomic E-state index is -0.474. The van der Waals surface area contributed by atoms with Crippen molar-refractivity contribution >= 4 is 46.3 Å². The number of urea groups is 1. The first kappa shape index (κ1) is 24.1. The summed E-state index contributed by atoms with van der Waals surface area (Å²) in [4.78, 5) is 30.4. The van der Waals surface area contributed by atoms with Crippen LogP contribution in [0.2, 0.25) is 5.02 Å². The predicted octanol–water partition coefficient (Wildman–Crippen LogP) is 6.39. The molecule has 0 bridgehead atoms. The van der Waals surface area contributed by atoms with E-state index in [0.717, 1.165) is 15.4 Å². The molecular formula is C26H24ClFN6OS. The Morgan fingerprint density at radius 2 is 1.75 bits per heavy atom. The van der Waals surface area contributed by atoms with Gasteiger partial charge in [0.1, 0.15) is 11.5 Å². The highest BCUT2D eigenvalue weighted by molar-refractivity contribution is 7.15. The number of nitrogens with two attached hydrogens (primary N) is 1. The monoisotopic (exact) mass is 522 g/mol. The number of nitrogens with zero attached hydrogens (tertiary/aromatic N) is 5. The Morgan fingerprint density at radius 1 is 1.03 bits per heavy atom. The Morgan fingerprint density at radius 3 is 2.44 bits per heavy atom. The van der Waals surface area contributed by atoms with Gasteiger partial charge in [-0.3, -0.25) is 9.80 Å². The van der Waals surface area contributed by atoms with Crippen LogP contribution >= 0.6 is 22.9 Å². The van der Waals surface area contributed by atoms with Gasteiger partial charge in [0, 0.05) is 35.4 Å². The van der Waals surface area contributed by atoms with Crippen LogP contribution in [0.25, 0.3) is 21.8 Å². The first-order valence-electron chi connectivity index (χ1n) is 11.4. The summed E-state index contributed by atoms with van der Waals surface area (Å²) in [5.41, 5.74) is 8.53. The minimum Gasteiger partial charge on any atom is -0.368 e. The molecule has 0 radical (unpaired) electrons. The highest BCUT2D eigenvalue weighted by atomic mass is 35.5. The molecule has 0 atom stereocenters. The van der Waals surface area contributed by atoms with Crippen LogP contribution in [0.15, 0.2) is 54.7 Å². The number of hydrogen-bond donors (Lipinski definition) is 1. The zero-order chi connectivity index (χ0) is 25.6. The van der Waals surface area contributed by atoms with Gasteiger partial charge in [0.15, 0.2) is 0 Å². The number of benzene rings is 2. The van der Waals surface area contributed by atoms with Gasteiger partial charge in [0.05, 0.1) is 21.3 Å². The molecule has 10 heteroatoms. The average Bonchev–Trinajstić information content (AvgIpc) is 3.45. The maximum Gasteiger partial charge on any atom is 0.329 e. The number of anilines is 3. The number of carbonyl (C=O) groups excluding carboxylic acids is 1. The van der Waals surface area contributed by atoms with E-state index in [0.29, 0.717) is 35.2 Å². The Labute approximate surface area is 217 Å². The molecule has 4 aromatic rings. The molecule has 1 saturated heterocycles. The van der Waals surface area contributed by atoms with Gasteiger partial charge in [-0.2, -0.15) is 0 Å². The number of hydrogen-bond acceptors (Lipinski definition) is 6. The molecule has 2 N–H and O–H groups in total. The van der Waals surface area contributed by atoms with E-state index >= 15 is 4.39 Å². The Kier molecular flexibility index (Phi) is 6.13. The second kappa shape index (κ2) is 9.15. The van der Waals surface area contributed by atoms with Gasteiger partial charge in [-0.05, 0) is 48.0 Å². The number of carbonyl (C=O) groups is 1. The highest BCUT2D eigenvalue weighted by Gasteiger charge is 2.33. The largest absolute Gasteiger partial charge is 0.368 e. The summed E-state index contributed by atoms with van der Waals surface area (Å²) in [5, 5.41) is 1.49. The van der Waals surface area contributed by atoms with E-state index in [1.165, 1.54) is 22.3 Å². The summed E-state index contributed by atoms with van der Waals surface area (Å²) < 4.78 is 15.1. The van der Waals surface area contributed by atoms with E-state index < -0.39 is 5.82 Å². The molecule has 0 spiro atoms. The fraction of sp³-hybridized carbons (Fsp3) is 0.231. The van der Waals surface area contributed by atoms with Crippen molar-refractivity contribution in [3.05, 3.63) is 70.6 Å². The summed E-state index contributed by atoms with van der Waals surface area (Å²) in [6.45, 7) is 7.03. The minimum absolute atomic E-state index is 0.147. The molecule has 1 fully saturated rings. The molecule has 0 unspecified atom stereocenters. The maximum atomic E-state index is 15.1. The third kappa shape index (κ3) is 4.52. The van der Waals surface area contributed by atoms with Crippen molar-refractivity contribution < 1.29 is 9.18 Å². The fourth-order valence-corrected chi connectivity index (χ4v) is 5.25. The molecule has 2 amide bonds. The Bertz CT molecular complexity index is 1450. The lowest BCUT2D eigenvalue weighted by Gasteiger charge is -2.20.